The first kappa shape index (κ1) is 12.8. The molecule has 0 aromatic carbocycles. The lowest BCUT2D eigenvalue weighted by Crippen LogP contribution is -2.05. The van der Waals surface area contributed by atoms with Crippen molar-refractivity contribution in [3.63, 3.8) is 0 Å². The zero-order valence-electron chi connectivity index (χ0n) is 10.5. The molecule has 0 atom stereocenters. The fourth-order valence-electron chi connectivity index (χ4n) is 1.67. The van der Waals surface area contributed by atoms with E-state index in [-0.39, 0.29) is 0 Å². The molecule has 7 heteroatoms. The lowest BCUT2D eigenvalue weighted by atomic mass is 10.2. The van der Waals surface area contributed by atoms with Crippen molar-refractivity contribution in [1.29, 1.82) is 0 Å². The van der Waals surface area contributed by atoms with Gasteiger partial charge in [0.15, 0.2) is 0 Å². The molecule has 0 amide bonds. The predicted molar refractivity (Wildman–Crippen MR) is 74.6 cm³/mol. The maximum Gasteiger partial charge on any atom is 0.146 e. The van der Waals surface area contributed by atoms with Crippen LogP contribution in [0.2, 0.25) is 0 Å². The van der Waals surface area contributed by atoms with Crippen LogP contribution in [-0.2, 0) is 13.6 Å². The smallest absolute Gasteiger partial charge is 0.146 e. The average molecular weight is 311 g/mol. The van der Waals surface area contributed by atoms with Crippen molar-refractivity contribution >= 4 is 27.6 Å². The predicted octanol–water partition coefficient (Wildman–Crippen LogP) is 1.93. The van der Waals surface area contributed by atoms with E-state index < -0.39 is 0 Å². The molecule has 0 fully saturated rings. The van der Waals surface area contributed by atoms with Gasteiger partial charge in [0, 0.05) is 32.4 Å². The van der Waals surface area contributed by atoms with E-state index in [9.17, 15) is 0 Å². The van der Waals surface area contributed by atoms with E-state index in [1.165, 1.54) is 6.33 Å². The highest BCUT2D eigenvalue weighted by Crippen LogP contribution is 2.26. The lowest BCUT2D eigenvalue weighted by Gasteiger charge is -2.09. The molecule has 6 nitrogen and oxygen atoms in total. The van der Waals surface area contributed by atoms with Gasteiger partial charge in [0.2, 0.25) is 0 Å². The van der Waals surface area contributed by atoms with Crippen molar-refractivity contribution in [2.75, 3.05) is 17.7 Å². The topological polar surface area (TPSA) is 67.7 Å². The molecule has 2 aromatic rings. The standard InChI is InChI=1S/C11H15BrN6/c1-7-8(5-18(3)17-7)4-14-11-9(12)10(13-2)15-6-16-11/h5-6H,4H2,1-3H3,(H2,13,14,15,16). The van der Waals surface area contributed by atoms with E-state index in [1.807, 2.05) is 27.2 Å². The van der Waals surface area contributed by atoms with Crippen molar-refractivity contribution in [2.24, 2.45) is 7.05 Å². The van der Waals surface area contributed by atoms with Gasteiger partial charge in [-0.1, -0.05) is 0 Å². The first-order chi connectivity index (χ1) is 8.61. The van der Waals surface area contributed by atoms with Crippen molar-refractivity contribution in [3.05, 3.63) is 28.3 Å². The zero-order chi connectivity index (χ0) is 13.1. The first-order valence-electron chi connectivity index (χ1n) is 5.53. The van der Waals surface area contributed by atoms with E-state index >= 15 is 0 Å². The van der Waals surface area contributed by atoms with Gasteiger partial charge in [0.05, 0.1) is 5.69 Å². The van der Waals surface area contributed by atoms with Gasteiger partial charge in [0.25, 0.3) is 0 Å². The molecule has 2 N–H and O–H groups in total. The summed E-state index contributed by atoms with van der Waals surface area (Å²) in [5.41, 5.74) is 2.16. The fraction of sp³-hybridized carbons (Fsp3) is 0.364. The summed E-state index contributed by atoms with van der Waals surface area (Å²) >= 11 is 3.47. The van der Waals surface area contributed by atoms with Crippen LogP contribution in [0, 0.1) is 6.92 Å². The number of anilines is 2. The van der Waals surface area contributed by atoms with Gasteiger partial charge >= 0.3 is 0 Å². The lowest BCUT2D eigenvalue weighted by molar-refractivity contribution is 0.756. The molecule has 0 spiro atoms. The van der Waals surface area contributed by atoms with Crippen molar-refractivity contribution in [3.8, 4) is 0 Å². The summed E-state index contributed by atoms with van der Waals surface area (Å²) in [6, 6.07) is 0. The average Bonchev–Trinajstić information content (AvgIpc) is 2.66. The number of rotatable bonds is 4. The van der Waals surface area contributed by atoms with Crippen LogP contribution in [0.3, 0.4) is 0 Å². The van der Waals surface area contributed by atoms with Gasteiger partial charge in [-0.25, -0.2) is 9.97 Å². The molecule has 0 radical (unpaired) electrons. The monoisotopic (exact) mass is 310 g/mol. The molecule has 0 aliphatic rings. The highest BCUT2D eigenvalue weighted by Gasteiger charge is 2.08. The minimum absolute atomic E-state index is 0.679. The van der Waals surface area contributed by atoms with Crippen LogP contribution < -0.4 is 10.6 Å². The fourth-order valence-corrected chi connectivity index (χ4v) is 2.21. The number of nitrogens with one attached hydrogen (secondary N) is 2. The van der Waals surface area contributed by atoms with Crippen LogP contribution >= 0.6 is 15.9 Å². The largest absolute Gasteiger partial charge is 0.372 e. The van der Waals surface area contributed by atoms with Gasteiger partial charge in [-0.05, 0) is 22.9 Å². The molecule has 0 bridgehead atoms. The number of halogens is 1. The normalized spacial score (nSPS) is 10.4. The number of aryl methyl sites for hydroxylation is 2. The Morgan fingerprint density at radius 1 is 1.33 bits per heavy atom. The van der Waals surface area contributed by atoms with Crippen LogP contribution in [0.15, 0.2) is 17.0 Å². The minimum Gasteiger partial charge on any atom is -0.372 e. The molecule has 0 saturated carbocycles. The third-order valence-electron chi connectivity index (χ3n) is 2.59. The SMILES string of the molecule is CNc1ncnc(NCc2cn(C)nc2C)c1Br. The minimum atomic E-state index is 0.679. The van der Waals surface area contributed by atoms with E-state index in [1.54, 1.807) is 4.68 Å². The summed E-state index contributed by atoms with van der Waals surface area (Å²) in [6.45, 7) is 2.67. The molecule has 96 valence electrons. The van der Waals surface area contributed by atoms with E-state index in [0.29, 0.717) is 6.54 Å². The molecule has 0 aliphatic heterocycles. The maximum atomic E-state index is 4.30. The highest BCUT2D eigenvalue weighted by molar-refractivity contribution is 9.10. The van der Waals surface area contributed by atoms with Gasteiger partial charge in [-0.2, -0.15) is 5.10 Å². The van der Waals surface area contributed by atoms with E-state index in [2.05, 4.69) is 41.6 Å². The first-order valence-corrected chi connectivity index (χ1v) is 6.32. The van der Waals surface area contributed by atoms with Crippen LogP contribution in [0.5, 0.6) is 0 Å². The molecule has 2 heterocycles. The van der Waals surface area contributed by atoms with E-state index in [0.717, 1.165) is 27.4 Å². The molecule has 18 heavy (non-hydrogen) atoms. The Hall–Kier alpha value is -1.63. The Morgan fingerprint density at radius 3 is 2.67 bits per heavy atom. The second-order valence-corrected chi connectivity index (χ2v) is 4.69. The van der Waals surface area contributed by atoms with Crippen LogP contribution in [0.25, 0.3) is 0 Å². The second kappa shape index (κ2) is 5.34. The third-order valence-corrected chi connectivity index (χ3v) is 3.34. The van der Waals surface area contributed by atoms with E-state index in [4.69, 9.17) is 0 Å². The third kappa shape index (κ3) is 2.61. The Balaban J connectivity index is 2.13. The summed E-state index contributed by atoms with van der Waals surface area (Å²) in [6.07, 6.45) is 3.52. The number of hydrogen-bond donors (Lipinski definition) is 2. The quantitative estimate of drug-likeness (QED) is 0.903. The van der Waals surface area contributed by atoms with Gasteiger partial charge in [0.1, 0.15) is 22.4 Å². The van der Waals surface area contributed by atoms with Crippen LogP contribution in [0.4, 0.5) is 11.6 Å². The summed E-state index contributed by atoms with van der Waals surface area (Å²) in [5, 5.41) is 10.6. The summed E-state index contributed by atoms with van der Waals surface area (Å²) in [7, 11) is 3.73. The van der Waals surface area contributed by atoms with Crippen molar-refractivity contribution in [2.45, 2.75) is 13.5 Å². The van der Waals surface area contributed by atoms with Gasteiger partial charge in [-0.3, -0.25) is 4.68 Å². The summed E-state index contributed by atoms with van der Waals surface area (Å²) in [5.74, 6) is 1.52. The van der Waals surface area contributed by atoms with Crippen molar-refractivity contribution < 1.29 is 0 Å². The Morgan fingerprint density at radius 2 is 2.06 bits per heavy atom. The molecule has 0 saturated heterocycles. The molecule has 0 unspecified atom stereocenters. The zero-order valence-corrected chi connectivity index (χ0v) is 12.1. The van der Waals surface area contributed by atoms with Crippen LogP contribution in [-0.4, -0.2) is 26.8 Å². The number of nitrogens with zero attached hydrogens (tertiary/aromatic N) is 4. The Kier molecular flexibility index (Phi) is 3.81. The summed E-state index contributed by atoms with van der Waals surface area (Å²) in [4.78, 5) is 8.31. The highest BCUT2D eigenvalue weighted by atomic mass is 79.9. The Labute approximate surface area is 114 Å². The van der Waals surface area contributed by atoms with Crippen LogP contribution in [0.1, 0.15) is 11.3 Å². The second-order valence-electron chi connectivity index (χ2n) is 3.90. The van der Waals surface area contributed by atoms with Gasteiger partial charge < -0.3 is 10.6 Å². The molecule has 0 aliphatic carbocycles. The maximum absolute atomic E-state index is 4.30. The van der Waals surface area contributed by atoms with Gasteiger partial charge in [-0.15, -0.1) is 0 Å². The number of aromatic nitrogens is 4. The van der Waals surface area contributed by atoms with Crippen molar-refractivity contribution in [1.82, 2.24) is 19.7 Å². The molecular formula is C11H15BrN6. The molecular weight excluding hydrogens is 296 g/mol. The molecule has 2 rings (SSSR count). The summed E-state index contributed by atoms with van der Waals surface area (Å²) < 4.78 is 2.63. The number of hydrogen-bond acceptors (Lipinski definition) is 5. The molecule has 2 aromatic heterocycles. The Bertz CT molecular complexity index is 550.